The fourth-order valence-electron chi connectivity index (χ4n) is 3.37. The van der Waals surface area contributed by atoms with E-state index in [1.807, 2.05) is 20.8 Å². The number of carboxylic acid groups (broad SMARTS) is 1. The summed E-state index contributed by atoms with van der Waals surface area (Å²) in [5.41, 5.74) is 0.401. The van der Waals surface area contributed by atoms with Gasteiger partial charge < -0.3 is 14.7 Å². The van der Waals surface area contributed by atoms with Crippen molar-refractivity contribution in [1.29, 1.82) is 0 Å². The summed E-state index contributed by atoms with van der Waals surface area (Å²) in [4.78, 5) is 26.6. The van der Waals surface area contributed by atoms with Crippen molar-refractivity contribution in [3.8, 4) is 5.75 Å². The number of methoxy groups -OCH3 is 1. The van der Waals surface area contributed by atoms with E-state index in [0.717, 1.165) is 25.7 Å². The Morgan fingerprint density at radius 3 is 2.38 bits per heavy atom. The molecule has 0 radical (unpaired) electrons. The molecule has 2 rings (SSSR count). The quantitative estimate of drug-likeness (QED) is 0.598. The number of hydrogen-bond donors (Lipinski definition) is 1. The summed E-state index contributed by atoms with van der Waals surface area (Å²) in [6.07, 6.45) is 3.96. The van der Waals surface area contributed by atoms with Gasteiger partial charge in [0.25, 0.3) is 0 Å². The van der Waals surface area contributed by atoms with Crippen molar-refractivity contribution >= 4 is 29.0 Å². The smallest absolute Gasteiger partial charge is 0.323 e. The van der Waals surface area contributed by atoms with Gasteiger partial charge in [0, 0.05) is 17.0 Å². The van der Waals surface area contributed by atoms with Gasteiger partial charge in [-0.2, -0.15) is 0 Å². The van der Waals surface area contributed by atoms with Crippen molar-refractivity contribution in [2.45, 2.75) is 52.5 Å². The number of Topliss-reactive ketones (excluding diaryl/α,β-unsaturated/α-hetero) is 1. The van der Waals surface area contributed by atoms with Gasteiger partial charge >= 0.3 is 5.97 Å². The van der Waals surface area contributed by atoms with Crippen molar-refractivity contribution in [2.75, 3.05) is 13.7 Å². The molecule has 0 aliphatic heterocycles. The number of aliphatic carboxylic acids is 1. The Balaban J connectivity index is 2.52. The van der Waals surface area contributed by atoms with E-state index in [-0.39, 0.29) is 18.4 Å². The largest absolute Gasteiger partial charge is 0.496 e. The number of hydrogen-bond acceptors (Lipinski definition) is 4. The minimum atomic E-state index is -0.925. The topological polar surface area (TPSA) is 66.8 Å². The highest BCUT2D eigenvalue weighted by Gasteiger charge is 2.33. The first kappa shape index (κ1) is 20.4. The number of ketones is 1. The zero-order valence-electron chi connectivity index (χ0n) is 15.9. The molecule has 0 heterocycles. The first-order valence-corrected chi connectivity index (χ1v) is 9.32. The maximum Gasteiger partial charge on any atom is 0.323 e. The standard InChI is InChI=1S/C20H27NO4S/c1-20(2,3)18(24)17-14(10-7-11-15(17)25-4)19(26)21(12-16(22)23)13-8-5-6-9-13/h7,10-11,13H,5-6,8-9,12H2,1-4H3,(H,22,23). The lowest BCUT2D eigenvalue weighted by atomic mass is 9.84. The molecule has 0 amide bonds. The van der Waals surface area contributed by atoms with Gasteiger partial charge in [0.15, 0.2) is 5.78 Å². The summed E-state index contributed by atoms with van der Waals surface area (Å²) in [5, 5.41) is 9.36. The third-order valence-corrected chi connectivity index (χ3v) is 5.17. The number of carboxylic acids is 1. The van der Waals surface area contributed by atoms with E-state index in [4.69, 9.17) is 17.0 Å². The summed E-state index contributed by atoms with van der Waals surface area (Å²) >= 11 is 5.69. The Bertz CT molecular complexity index is 702. The molecule has 1 fully saturated rings. The van der Waals surface area contributed by atoms with Crippen LogP contribution in [-0.2, 0) is 4.79 Å². The first-order valence-electron chi connectivity index (χ1n) is 8.91. The molecule has 0 atom stereocenters. The lowest BCUT2D eigenvalue weighted by molar-refractivity contribution is -0.137. The fraction of sp³-hybridized carbons (Fsp3) is 0.550. The molecule has 5 nitrogen and oxygen atoms in total. The van der Waals surface area contributed by atoms with E-state index >= 15 is 0 Å². The second-order valence-corrected chi connectivity index (χ2v) is 8.11. The van der Waals surface area contributed by atoms with Crippen LogP contribution in [0.2, 0.25) is 0 Å². The molecule has 142 valence electrons. The average molecular weight is 378 g/mol. The van der Waals surface area contributed by atoms with Crippen LogP contribution in [0.4, 0.5) is 0 Å². The number of benzene rings is 1. The van der Waals surface area contributed by atoms with Crippen molar-refractivity contribution in [2.24, 2.45) is 5.41 Å². The van der Waals surface area contributed by atoms with Crippen molar-refractivity contribution in [3.63, 3.8) is 0 Å². The van der Waals surface area contributed by atoms with Crippen LogP contribution in [0.3, 0.4) is 0 Å². The van der Waals surface area contributed by atoms with Gasteiger partial charge in [0.05, 0.1) is 12.7 Å². The maximum absolute atomic E-state index is 13.1. The highest BCUT2D eigenvalue weighted by Crippen LogP contribution is 2.33. The van der Waals surface area contributed by atoms with Crippen LogP contribution in [0.15, 0.2) is 18.2 Å². The van der Waals surface area contributed by atoms with Crippen LogP contribution >= 0.6 is 12.2 Å². The Labute approximate surface area is 160 Å². The second kappa shape index (κ2) is 8.16. The molecule has 0 saturated heterocycles. The highest BCUT2D eigenvalue weighted by molar-refractivity contribution is 7.80. The lowest BCUT2D eigenvalue weighted by Crippen LogP contribution is -2.42. The average Bonchev–Trinajstić information content (AvgIpc) is 3.11. The molecule has 0 unspecified atom stereocenters. The van der Waals surface area contributed by atoms with Crippen LogP contribution in [0.5, 0.6) is 5.75 Å². The van der Waals surface area contributed by atoms with Crippen LogP contribution in [0, 0.1) is 5.41 Å². The van der Waals surface area contributed by atoms with Gasteiger partial charge in [0.1, 0.15) is 17.3 Å². The SMILES string of the molecule is COc1cccc(C(=S)N(CC(=O)O)C2CCCC2)c1C(=O)C(C)(C)C. The molecule has 0 bridgehead atoms. The van der Waals surface area contributed by atoms with Gasteiger partial charge in [-0.25, -0.2) is 0 Å². The van der Waals surface area contributed by atoms with E-state index in [1.54, 1.807) is 23.1 Å². The van der Waals surface area contributed by atoms with Gasteiger partial charge in [-0.1, -0.05) is 58.0 Å². The number of carbonyl (C=O) groups excluding carboxylic acids is 1. The molecular weight excluding hydrogens is 350 g/mol. The highest BCUT2D eigenvalue weighted by atomic mass is 32.1. The Hall–Kier alpha value is -1.95. The van der Waals surface area contributed by atoms with Crippen molar-refractivity contribution in [1.82, 2.24) is 4.90 Å². The Morgan fingerprint density at radius 2 is 1.88 bits per heavy atom. The number of ether oxygens (including phenoxy) is 1. The molecule has 0 aromatic heterocycles. The number of nitrogens with zero attached hydrogens (tertiary/aromatic N) is 1. The molecule has 1 aromatic carbocycles. The van der Waals surface area contributed by atoms with Crippen molar-refractivity contribution < 1.29 is 19.4 Å². The number of thiocarbonyl (C=S) groups is 1. The normalized spacial score (nSPS) is 14.9. The molecule has 26 heavy (non-hydrogen) atoms. The van der Waals surface area contributed by atoms with Gasteiger partial charge in [-0.05, 0) is 18.9 Å². The van der Waals surface area contributed by atoms with Gasteiger partial charge in [-0.3, -0.25) is 9.59 Å². The minimum absolute atomic E-state index is 0.0750. The monoisotopic (exact) mass is 377 g/mol. The number of rotatable bonds is 6. The van der Waals surface area contributed by atoms with E-state index in [1.165, 1.54) is 7.11 Å². The van der Waals surface area contributed by atoms with Gasteiger partial charge in [-0.15, -0.1) is 0 Å². The van der Waals surface area contributed by atoms with Gasteiger partial charge in [0.2, 0.25) is 0 Å². The second-order valence-electron chi connectivity index (χ2n) is 7.73. The van der Waals surface area contributed by atoms with Crippen LogP contribution in [-0.4, -0.2) is 46.4 Å². The molecule has 1 aliphatic carbocycles. The number of carbonyl (C=O) groups is 2. The fourth-order valence-corrected chi connectivity index (χ4v) is 3.76. The predicted molar refractivity (Wildman–Crippen MR) is 105 cm³/mol. The maximum atomic E-state index is 13.1. The molecule has 1 saturated carbocycles. The molecular formula is C20H27NO4S. The summed E-state index contributed by atoms with van der Waals surface area (Å²) in [6.45, 7) is 5.38. The zero-order chi connectivity index (χ0) is 19.5. The molecule has 6 heteroatoms. The van der Waals surface area contributed by atoms with E-state index in [0.29, 0.717) is 21.9 Å². The van der Waals surface area contributed by atoms with Crippen molar-refractivity contribution in [3.05, 3.63) is 29.3 Å². The first-order chi connectivity index (χ1) is 12.2. The van der Waals surface area contributed by atoms with E-state index < -0.39 is 11.4 Å². The summed E-state index contributed by atoms with van der Waals surface area (Å²) in [6, 6.07) is 5.41. The van der Waals surface area contributed by atoms with E-state index in [2.05, 4.69) is 0 Å². The third kappa shape index (κ3) is 4.41. The summed E-state index contributed by atoms with van der Waals surface area (Å²) in [5.74, 6) is -0.536. The predicted octanol–water partition coefficient (Wildman–Crippen LogP) is 3.93. The molecule has 0 spiro atoms. The molecule has 1 aliphatic rings. The molecule has 1 aromatic rings. The van der Waals surface area contributed by atoms with E-state index in [9.17, 15) is 14.7 Å². The Kier molecular flexibility index (Phi) is 6.39. The van der Waals surface area contributed by atoms with Crippen LogP contribution in [0.25, 0.3) is 0 Å². The summed E-state index contributed by atoms with van der Waals surface area (Å²) < 4.78 is 5.42. The van der Waals surface area contributed by atoms with Crippen LogP contribution < -0.4 is 4.74 Å². The zero-order valence-corrected chi connectivity index (χ0v) is 16.7. The molecule has 1 N–H and O–H groups in total. The van der Waals surface area contributed by atoms with Crippen LogP contribution in [0.1, 0.15) is 62.4 Å². The minimum Gasteiger partial charge on any atom is -0.496 e. The third-order valence-electron chi connectivity index (χ3n) is 4.72. The summed E-state index contributed by atoms with van der Waals surface area (Å²) in [7, 11) is 1.52. The lowest BCUT2D eigenvalue weighted by Gasteiger charge is -2.31. The Morgan fingerprint density at radius 1 is 1.27 bits per heavy atom.